The van der Waals surface area contributed by atoms with Crippen LogP contribution in [0.15, 0.2) is 54.6 Å². The number of anilines is 1. The topological polar surface area (TPSA) is 54.4 Å². The van der Waals surface area contributed by atoms with Crippen LogP contribution in [0.3, 0.4) is 0 Å². The number of halogens is 1. The fraction of sp³-hybridized carbons (Fsp3) is 0.211. The fourth-order valence-corrected chi connectivity index (χ4v) is 2.42. The number of rotatable bonds is 6. The molecule has 0 spiro atoms. The van der Waals surface area contributed by atoms with Gasteiger partial charge in [0.2, 0.25) is 0 Å². The smallest absolute Gasteiger partial charge is 0.129 e. The van der Waals surface area contributed by atoms with Crippen molar-refractivity contribution in [3.05, 3.63) is 66.0 Å². The van der Waals surface area contributed by atoms with E-state index in [1.165, 1.54) is 12.1 Å². The number of aryl methyl sites for hydroxylation is 1. The van der Waals surface area contributed by atoms with E-state index in [1.807, 2.05) is 31.2 Å². The van der Waals surface area contributed by atoms with Crippen molar-refractivity contribution in [2.24, 2.45) is 0 Å². The fourth-order valence-electron chi connectivity index (χ4n) is 2.42. The number of benzene rings is 2. The Kier molecular flexibility index (Phi) is 4.91. The van der Waals surface area contributed by atoms with Gasteiger partial charge in [-0.05, 0) is 36.8 Å². The zero-order valence-electron chi connectivity index (χ0n) is 13.4. The minimum Gasteiger partial charge on any atom is -0.491 e. The van der Waals surface area contributed by atoms with E-state index in [0.717, 1.165) is 22.3 Å². The summed E-state index contributed by atoms with van der Waals surface area (Å²) in [5.41, 5.74) is 1.91. The molecule has 1 heterocycles. The van der Waals surface area contributed by atoms with E-state index in [9.17, 15) is 9.50 Å². The molecule has 2 N–H and O–H groups in total. The molecule has 3 rings (SSSR count). The lowest BCUT2D eigenvalue weighted by atomic mass is 10.1. The molecule has 2 aromatic carbocycles. The van der Waals surface area contributed by atoms with Crippen molar-refractivity contribution in [1.29, 1.82) is 0 Å². The first-order valence-electron chi connectivity index (χ1n) is 7.78. The van der Waals surface area contributed by atoms with Crippen LogP contribution in [0.2, 0.25) is 0 Å². The number of nitrogens with zero attached hydrogens (tertiary/aromatic N) is 1. The van der Waals surface area contributed by atoms with Gasteiger partial charge in [-0.2, -0.15) is 0 Å². The maximum Gasteiger partial charge on any atom is 0.129 e. The van der Waals surface area contributed by atoms with Crippen molar-refractivity contribution in [2.45, 2.75) is 13.0 Å². The second kappa shape index (κ2) is 7.27. The van der Waals surface area contributed by atoms with Crippen molar-refractivity contribution < 1.29 is 14.2 Å². The standard InChI is InChI=1S/C19H19FN2O2/c1-13-9-14-5-2-3-8-18(14)22-19(13)21-11-16(23)12-24-17-7-4-6-15(20)10-17/h2-10,16,23H,11-12H2,1H3,(H,21,22). The van der Waals surface area contributed by atoms with Gasteiger partial charge in [-0.15, -0.1) is 0 Å². The Balaban J connectivity index is 1.58. The quantitative estimate of drug-likeness (QED) is 0.727. The number of aliphatic hydroxyl groups excluding tert-OH is 1. The van der Waals surface area contributed by atoms with Crippen LogP contribution < -0.4 is 10.1 Å². The van der Waals surface area contributed by atoms with E-state index in [2.05, 4.69) is 16.4 Å². The average Bonchev–Trinajstić information content (AvgIpc) is 2.58. The lowest BCUT2D eigenvalue weighted by molar-refractivity contribution is 0.117. The van der Waals surface area contributed by atoms with Crippen molar-refractivity contribution in [3.8, 4) is 5.75 Å². The van der Waals surface area contributed by atoms with Gasteiger partial charge < -0.3 is 15.2 Å². The van der Waals surface area contributed by atoms with Crippen LogP contribution in [0.4, 0.5) is 10.2 Å². The summed E-state index contributed by atoms with van der Waals surface area (Å²) in [6.45, 7) is 2.34. The molecule has 1 atom stereocenters. The van der Waals surface area contributed by atoms with Gasteiger partial charge in [-0.3, -0.25) is 0 Å². The summed E-state index contributed by atoms with van der Waals surface area (Å²) >= 11 is 0. The maximum atomic E-state index is 13.1. The Morgan fingerprint density at radius 3 is 2.83 bits per heavy atom. The average molecular weight is 326 g/mol. The molecule has 1 unspecified atom stereocenters. The van der Waals surface area contributed by atoms with Crippen LogP contribution >= 0.6 is 0 Å². The van der Waals surface area contributed by atoms with E-state index in [0.29, 0.717) is 12.3 Å². The zero-order valence-corrected chi connectivity index (χ0v) is 13.4. The highest BCUT2D eigenvalue weighted by Gasteiger charge is 2.08. The maximum absolute atomic E-state index is 13.1. The van der Waals surface area contributed by atoms with Gasteiger partial charge in [0.15, 0.2) is 0 Å². The molecule has 0 radical (unpaired) electrons. The Hall–Kier alpha value is -2.66. The summed E-state index contributed by atoms with van der Waals surface area (Å²) in [6.07, 6.45) is -0.735. The van der Waals surface area contributed by atoms with Crippen LogP contribution in [-0.4, -0.2) is 29.3 Å². The molecule has 4 nitrogen and oxygen atoms in total. The van der Waals surface area contributed by atoms with Crippen LogP contribution in [0.25, 0.3) is 10.9 Å². The Morgan fingerprint density at radius 1 is 1.17 bits per heavy atom. The molecule has 0 aliphatic heterocycles. The highest BCUT2D eigenvalue weighted by molar-refractivity contribution is 5.81. The van der Waals surface area contributed by atoms with E-state index in [-0.39, 0.29) is 12.4 Å². The molecule has 24 heavy (non-hydrogen) atoms. The van der Waals surface area contributed by atoms with E-state index < -0.39 is 6.10 Å². The van der Waals surface area contributed by atoms with Gasteiger partial charge >= 0.3 is 0 Å². The largest absolute Gasteiger partial charge is 0.491 e. The number of pyridine rings is 1. The zero-order chi connectivity index (χ0) is 16.9. The molecule has 1 aromatic heterocycles. The molecule has 5 heteroatoms. The van der Waals surface area contributed by atoms with Gasteiger partial charge in [0.25, 0.3) is 0 Å². The first kappa shape index (κ1) is 16.2. The van der Waals surface area contributed by atoms with Gasteiger partial charge in [0, 0.05) is 18.0 Å². The third-order valence-corrected chi connectivity index (χ3v) is 3.66. The van der Waals surface area contributed by atoms with E-state index in [4.69, 9.17) is 4.74 Å². The number of hydrogen-bond donors (Lipinski definition) is 2. The van der Waals surface area contributed by atoms with Crippen LogP contribution in [0, 0.1) is 12.7 Å². The predicted octanol–water partition coefficient (Wildman–Crippen LogP) is 3.53. The second-order valence-electron chi connectivity index (χ2n) is 5.65. The third-order valence-electron chi connectivity index (χ3n) is 3.66. The number of aromatic nitrogens is 1. The highest BCUT2D eigenvalue weighted by atomic mass is 19.1. The van der Waals surface area contributed by atoms with Crippen molar-refractivity contribution in [2.75, 3.05) is 18.5 Å². The molecule has 0 fully saturated rings. The predicted molar refractivity (Wildman–Crippen MR) is 92.9 cm³/mol. The number of nitrogens with one attached hydrogen (secondary N) is 1. The van der Waals surface area contributed by atoms with E-state index >= 15 is 0 Å². The normalized spacial score (nSPS) is 12.1. The van der Waals surface area contributed by atoms with Crippen LogP contribution in [-0.2, 0) is 0 Å². The SMILES string of the molecule is Cc1cc2ccccc2nc1NCC(O)COc1cccc(F)c1. The number of fused-ring (bicyclic) bond motifs is 1. The van der Waals surface area contributed by atoms with Crippen molar-refractivity contribution in [3.63, 3.8) is 0 Å². The summed E-state index contributed by atoms with van der Waals surface area (Å²) in [5, 5.41) is 14.3. The van der Waals surface area contributed by atoms with Gasteiger partial charge in [-0.25, -0.2) is 9.37 Å². The minimum absolute atomic E-state index is 0.0725. The molecule has 0 saturated heterocycles. The first-order chi connectivity index (χ1) is 11.6. The summed E-state index contributed by atoms with van der Waals surface area (Å²) in [5.74, 6) is 0.767. The lowest BCUT2D eigenvalue weighted by Crippen LogP contribution is -2.26. The summed E-state index contributed by atoms with van der Waals surface area (Å²) in [7, 11) is 0. The molecule has 0 aliphatic carbocycles. The molecule has 0 aliphatic rings. The van der Waals surface area contributed by atoms with Gasteiger partial charge in [0.1, 0.15) is 30.1 Å². The van der Waals surface area contributed by atoms with Crippen LogP contribution in [0.5, 0.6) is 5.75 Å². The van der Waals surface area contributed by atoms with Crippen molar-refractivity contribution >= 4 is 16.7 Å². The van der Waals surface area contributed by atoms with Gasteiger partial charge in [-0.1, -0.05) is 24.3 Å². The van der Waals surface area contributed by atoms with Crippen molar-refractivity contribution in [1.82, 2.24) is 4.98 Å². The molecular weight excluding hydrogens is 307 g/mol. The Morgan fingerprint density at radius 2 is 2.00 bits per heavy atom. The molecule has 0 bridgehead atoms. The number of aliphatic hydroxyl groups is 1. The minimum atomic E-state index is -0.735. The van der Waals surface area contributed by atoms with Gasteiger partial charge in [0.05, 0.1) is 5.52 Å². The number of hydrogen-bond acceptors (Lipinski definition) is 4. The van der Waals surface area contributed by atoms with Crippen LogP contribution in [0.1, 0.15) is 5.56 Å². The molecule has 3 aromatic rings. The lowest BCUT2D eigenvalue weighted by Gasteiger charge is -2.15. The number of ether oxygens (including phenoxy) is 1. The third kappa shape index (κ3) is 4.00. The highest BCUT2D eigenvalue weighted by Crippen LogP contribution is 2.19. The molecule has 0 saturated carbocycles. The first-order valence-corrected chi connectivity index (χ1v) is 7.78. The molecule has 124 valence electrons. The Bertz CT molecular complexity index is 838. The molecular formula is C19H19FN2O2. The van der Waals surface area contributed by atoms with E-state index in [1.54, 1.807) is 12.1 Å². The summed E-state index contributed by atoms with van der Waals surface area (Å²) in [6, 6.07) is 15.8. The summed E-state index contributed by atoms with van der Waals surface area (Å²) < 4.78 is 18.5. The summed E-state index contributed by atoms with van der Waals surface area (Å²) in [4.78, 5) is 4.56. The second-order valence-corrected chi connectivity index (χ2v) is 5.65. The Labute approximate surface area is 139 Å². The molecule has 0 amide bonds. The monoisotopic (exact) mass is 326 g/mol. The number of para-hydroxylation sites is 1.